The van der Waals surface area contributed by atoms with Crippen molar-refractivity contribution in [3.63, 3.8) is 0 Å². The van der Waals surface area contributed by atoms with Gasteiger partial charge < -0.3 is 5.73 Å². The SMILES string of the molecule is Cc1nc(Sc2c(N)cncc2Br)nc(C)c1C. The summed E-state index contributed by atoms with van der Waals surface area (Å²) in [7, 11) is 0. The van der Waals surface area contributed by atoms with E-state index in [2.05, 4.69) is 30.9 Å². The minimum Gasteiger partial charge on any atom is -0.397 e. The summed E-state index contributed by atoms with van der Waals surface area (Å²) >= 11 is 4.88. The third-order valence-corrected chi connectivity index (χ3v) is 4.57. The van der Waals surface area contributed by atoms with Crippen molar-refractivity contribution in [1.82, 2.24) is 15.0 Å². The molecule has 2 aromatic rings. The minimum atomic E-state index is 0.619. The molecule has 0 amide bonds. The topological polar surface area (TPSA) is 64.7 Å². The van der Waals surface area contributed by atoms with Crippen molar-refractivity contribution in [3.8, 4) is 0 Å². The molecule has 2 rings (SSSR count). The van der Waals surface area contributed by atoms with E-state index >= 15 is 0 Å². The second kappa shape index (κ2) is 5.24. The zero-order valence-corrected chi connectivity index (χ0v) is 12.8. The van der Waals surface area contributed by atoms with Crippen molar-refractivity contribution in [2.24, 2.45) is 0 Å². The molecule has 0 aliphatic heterocycles. The van der Waals surface area contributed by atoms with Crippen LogP contribution in [0, 0.1) is 20.8 Å². The Hall–Kier alpha value is -1.14. The number of nitrogens with zero attached hydrogens (tertiary/aromatic N) is 3. The summed E-state index contributed by atoms with van der Waals surface area (Å²) < 4.78 is 0.854. The first-order valence-corrected chi connectivity index (χ1v) is 6.98. The van der Waals surface area contributed by atoms with E-state index < -0.39 is 0 Å². The highest BCUT2D eigenvalue weighted by Crippen LogP contribution is 2.35. The predicted molar refractivity (Wildman–Crippen MR) is 76.7 cm³/mol. The Balaban J connectivity index is 2.41. The lowest BCUT2D eigenvalue weighted by Gasteiger charge is -2.09. The van der Waals surface area contributed by atoms with Gasteiger partial charge in [-0.2, -0.15) is 0 Å². The van der Waals surface area contributed by atoms with Crippen LogP contribution in [0.3, 0.4) is 0 Å². The number of nitrogen functional groups attached to an aromatic ring is 1. The van der Waals surface area contributed by atoms with E-state index in [0.29, 0.717) is 10.8 Å². The summed E-state index contributed by atoms with van der Waals surface area (Å²) in [5.74, 6) is 0. The third kappa shape index (κ3) is 2.64. The number of aryl methyl sites for hydroxylation is 2. The van der Waals surface area contributed by atoms with Gasteiger partial charge in [-0.1, -0.05) is 0 Å². The highest BCUT2D eigenvalue weighted by molar-refractivity contribution is 9.10. The van der Waals surface area contributed by atoms with E-state index in [0.717, 1.165) is 26.3 Å². The highest BCUT2D eigenvalue weighted by atomic mass is 79.9. The summed E-state index contributed by atoms with van der Waals surface area (Å²) in [6.45, 7) is 5.99. The quantitative estimate of drug-likeness (QED) is 0.858. The molecule has 94 valence electrons. The standard InChI is InChI=1S/C12H13BrN4S/c1-6-7(2)16-12(17-8(6)3)18-11-9(13)4-15-5-10(11)14/h4-5H,14H2,1-3H3. The fourth-order valence-corrected chi connectivity index (χ4v) is 2.88. The maximum atomic E-state index is 5.91. The van der Waals surface area contributed by atoms with E-state index in [1.54, 1.807) is 12.4 Å². The molecule has 0 spiro atoms. The molecule has 0 radical (unpaired) electrons. The van der Waals surface area contributed by atoms with E-state index in [1.165, 1.54) is 11.8 Å². The molecule has 0 aromatic carbocycles. The van der Waals surface area contributed by atoms with E-state index in [4.69, 9.17) is 5.73 Å². The van der Waals surface area contributed by atoms with Crippen molar-refractivity contribution < 1.29 is 0 Å². The van der Waals surface area contributed by atoms with Gasteiger partial charge in [-0.3, -0.25) is 4.98 Å². The summed E-state index contributed by atoms with van der Waals surface area (Å²) in [5.41, 5.74) is 9.64. The van der Waals surface area contributed by atoms with Gasteiger partial charge in [-0.15, -0.1) is 0 Å². The fourth-order valence-electron chi connectivity index (χ4n) is 1.42. The lowest BCUT2D eigenvalue weighted by atomic mass is 10.2. The molecule has 4 nitrogen and oxygen atoms in total. The number of hydrogen-bond donors (Lipinski definition) is 1. The maximum Gasteiger partial charge on any atom is 0.193 e. The Labute approximate surface area is 119 Å². The van der Waals surface area contributed by atoms with Crippen LogP contribution < -0.4 is 5.73 Å². The second-order valence-corrected chi connectivity index (χ2v) is 5.78. The molecule has 6 heteroatoms. The van der Waals surface area contributed by atoms with E-state index in [9.17, 15) is 0 Å². The van der Waals surface area contributed by atoms with E-state index in [-0.39, 0.29) is 0 Å². The Morgan fingerprint density at radius 3 is 2.28 bits per heavy atom. The number of anilines is 1. The highest BCUT2D eigenvalue weighted by Gasteiger charge is 2.11. The molecule has 18 heavy (non-hydrogen) atoms. The summed E-state index contributed by atoms with van der Waals surface area (Å²) in [4.78, 5) is 13.8. The lowest BCUT2D eigenvalue weighted by molar-refractivity contribution is 0.880. The van der Waals surface area contributed by atoms with Gasteiger partial charge in [0.05, 0.1) is 21.3 Å². The molecule has 0 fully saturated rings. The fraction of sp³-hybridized carbons (Fsp3) is 0.250. The minimum absolute atomic E-state index is 0.619. The van der Waals surface area contributed by atoms with Crippen molar-refractivity contribution in [2.45, 2.75) is 30.8 Å². The summed E-state index contributed by atoms with van der Waals surface area (Å²) in [6, 6.07) is 0. The van der Waals surface area contributed by atoms with Gasteiger partial charge in [0.15, 0.2) is 5.16 Å². The van der Waals surface area contributed by atoms with Crippen molar-refractivity contribution in [3.05, 3.63) is 33.8 Å². The second-order valence-electron chi connectivity index (χ2n) is 3.94. The number of halogens is 1. The van der Waals surface area contributed by atoms with Crippen LogP contribution in [0.5, 0.6) is 0 Å². The Morgan fingerprint density at radius 1 is 1.11 bits per heavy atom. The van der Waals surface area contributed by atoms with Crippen LogP contribution in [0.15, 0.2) is 26.9 Å². The number of aromatic nitrogens is 3. The monoisotopic (exact) mass is 324 g/mol. The molecule has 0 bridgehead atoms. The lowest BCUT2D eigenvalue weighted by Crippen LogP contribution is -1.99. The average Bonchev–Trinajstić information content (AvgIpc) is 2.31. The van der Waals surface area contributed by atoms with Crippen LogP contribution in [0.4, 0.5) is 5.69 Å². The van der Waals surface area contributed by atoms with Crippen LogP contribution in [-0.2, 0) is 0 Å². The molecule has 2 heterocycles. The number of pyridine rings is 1. The smallest absolute Gasteiger partial charge is 0.193 e. The van der Waals surface area contributed by atoms with Crippen LogP contribution in [-0.4, -0.2) is 15.0 Å². The zero-order chi connectivity index (χ0) is 13.3. The van der Waals surface area contributed by atoms with Gasteiger partial charge in [0.2, 0.25) is 0 Å². The number of nitrogens with two attached hydrogens (primary N) is 1. The van der Waals surface area contributed by atoms with Gasteiger partial charge in [0, 0.05) is 17.6 Å². The Bertz CT molecular complexity index is 557. The first-order chi connectivity index (χ1) is 8.49. The summed E-state index contributed by atoms with van der Waals surface area (Å²) in [5, 5.41) is 0.703. The molecule has 0 atom stereocenters. The van der Waals surface area contributed by atoms with Gasteiger partial charge in [-0.25, -0.2) is 9.97 Å². The van der Waals surface area contributed by atoms with Gasteiger partial charge >= 0.3 is 0 Å². The Morgan fingerprint density at radius 2 is 1.72 bits per heavy atom. The van der Waals surface area contributed by atoms with Gasteiger partial charge in [0.25, 0.3) is 0 Å². The van der Waals surface area contributed by atoms with Crippen LogP contribution in [0.2, 0.25) is 0 Å². The van der Waals surface area contributed by atoms with Crippen molar-refractivity contribution in [1.29, 1.82) is 0 Å². The first-order valence-electron chi connectivity index (χ1n) is 5.37. The predicted octanol–water partition coefficient (Wildman–Crippen LogP) is 3.29. The third-order valence-electron chi connectivity index (χ3n) is 2.69. The largest absolute Gasteiger partial charge is 0.397 e. The molecular weight excluding hydrogens is 312 g/mol. The summed E-state index contributed by atoms with van der Waals surface area (Å²) in [6.07, 6.45) is 3.34. The molecule has 0 saturated heterocycles. The molecular formula is C12H13BrN4S. The number of hydrogen-bond acceptors (Lipinski definition) is 5. The van der Waals surface area contributed by atoms with Crippen LogP contribution >= 0.6 is 27.7 Å². The molecule has 0 aliphatic carbocycles. The Kier molecular flexibility index (Phi) is 3.87. The molecule has 2 N–H and O–H groups in total. The van der Waals surface area contributed by atoms with Crippen LogP contribution in [0.25, 0.3) is 0 Å². The molecule has 0 saturated carbocycles. The molecule has 2 aromatic heterocycles. The average molecular weight is 325 g/mol. The zero-order valence-electron chi connectivity index (χ0n) is 10.4. The first kappa shape index (κ1) is 13.3. The van der Waals surface area contributed by atoms with E-state index in [1.807, 2.05) is 20.8 Å². The van der Waals surface area contributed by atoms with Crippen molar-refractivity contribution >= 4 is 33.4 Å². The maximum absolute atomic E-state index is 5.91. The molecule has 0 aliphatic rings. The normalized spacial score (nSPS) is 10.7. The number of rotatable bonds is 2. The van der Waals surface area contributed by atoms with Gasteiger partial charge in [0.1, 0.15) is 0 Å². The van der Waals surface area contributed by atoms with Crippen molar-refractivity contribution in [2.75, 3.05) is 5.73 Å². The molecule has 0 unspecified atom stereocenters. The van der Waals surface area contributed by atoms with Gasteiger partial charge in [-0.05, 0) is 54.0 Å². The van der Waals surface area contributed by atoms with Crippen LogP contribution in [0.1, 0.15) is 17.0 Å².